The third-order valence-electron chi connectivity index (χ3n) is 3.88. The Labute approximate surface area is 146 Å². The maximum Gasteiger partial charge on any atom is 0.256 e. The topological polar surface area (TPSA) is 46.9 Å². The molecule has 0 aliphatic rings. The number of hydrogen-bond acceptors (Lipinski definition) is 2. The zero-order chi connectivity index (χ0) is 17.1. The van der Waals surface area contributed by atoms with Crippen molar-refractivity contribution in [2.24, 2.45) is 0 Å². The van der Waals surface area contributed by atoms with E-state index in [1.165, 1.54) is 0 Å². The van der Waals surface area contributed by atoms with Crippen molar-refractivity contribution in [1.82, 2.24) is 15.1 Å². The van der Waals surface area contributed by atoms with Crippen LogP contribution in [-0.2, 0) is 0 Å². The summed E-state index contributed by atoms with van der Waals surface area (Å²) >= 11 is 6.43. The molecule has 0 spiro atoms. The quantitative estimate of drug-likeness (QED) is 0.769. The van der Waals surface area contributed by atoms with Crippen LogP contribution >= 0.6 is 11.6 Å². The monoisotopic (exact) mass is 339 g/mol. The maximum atomic E-state index is 12.7. The largest absolute Gasteiger partial charge is 0.345 e. The van der Waals surface area contributed by atoms with Gasteiger partial charge in [-0.05, 0) is 31.5 Å². The van der Waals surface area contributed by atoms with Crippen molar-refractivity contribution in [3.63, 3.8) is 0 Å². The molecule has 0 aliphatic carbocycles. The number of aromatic nitrogens is 2. The van der Waals surface area contributed by atoms with Crippen LogP contribution < -0.4 is 5.32 Å². The third-order valence-corrected chi connectivity index (χ3v) is 4.23. The Morgan fingerprint density at radius 3 is 2.29 bits per heavy atom. The SMILES string of the molecule is Cc1nn(-c2ccccc2)c(Cl)c1C(=O)NC(C)c1ccccc1. The fourth-order valence-electron chi connectivity index (χ4n) is 2.59. The summed E-state index contributed by atoms with van der Waals surface area (Å²) in [6, 6.07) is 19.2. The Hall–Kier alpha value is -2.59. The molecule has 1 N–H and O–H groups in total. The average Bonchev–Trinajstić information content (AvgIpc) is 2.91. The minimum Gasteiger partial charge on any atom is -0.345 e. The van der Waals surface area contributed by atoms with Crippen LogP contribution in [0.25, 0.3) is 5.69 Å². The Morgan fingerprint density at radius 2 is 1.67 bits per heavy atom. The summed E-state index contributed by atoms with van der Waals surface area (Å²) in [5.74, 6) is -0.226. The smallest absolute Gasteiger partial charge is 0.256 e. The lowest BCUT2D eigenvalue weighted by molar-refractivity contribution is 0.0939. The minimum atomic E-state index is -0.226. The number of halogens is 1. The standard InChI is InChI=1S/C19H18ClN3O/c1-13(15-9-5-3-6-10-15)21-19(24)17-14(2)22-23(18(17)20)16-11-7-4-8-12-16/h3-13H,1-2H3,(H,21,24). The molecule has 0 aliphatic heterocycles. The fraction of sp³-hybridized carbons (Fsp3) is 0.158. The van der Waals surface area contributed by atoms with Gasteiger partial charge in [-0.15, -0.1) is 0 Å². The van der Waals surface area contributed by atoms with E-state index >= 15 is 0 Å². The molecule has 3 aromatic rings. The summed E-state index contributed by atoms with van der Waals surface area (Å²) in [6.45, 7) is 3.73. The number of nitrogens with one attached hydrogen (secondary N) is 1. The van der Waals surface area contributed by atoms with Crippen LogP contribution in [-0.4, -0.2) is 15.7 Å². The first-order valence-corrected chi connectivity index (χ1v) is 8.12. The molecular weight excluding hydrogens is 322 g/mol. The van der Waals surface area contributed by atoms with Crippen LogP contribution in [0.3, 0.4) is 0 Å². The third kappa shape index (κ3) is 3.19. The summed E-state index contributed by atoms with van der Waals surface area (Å²) in [6.07, 6.45) is 0. The van der Waals surface area contributed by atoms with E-state index in [1.54, 1.807) is 11.6 Å². The van der Waals surface area contributed by atoms with Gasteiger partial charge < -0.3 is 5.32 Å². The van der Waals surface area contributed by atoms with Crippen LogP contribution in [0.2, 0.25) is 5.15 Å². The van der Waals surface area contributed by atoms with Gasteiger partial charge in [-0.3, -0.25) is 4.79 Å². The van der Waals surface area contributed by atoms with Gasteiger partial charge in [0.15, 0.2) is 0 Å². The van der Waals surface area contributed by atoms with Crippen molar-refractivity contribution >= 4 is 17.5 Å². The van der Waals surface area contributed by atoms with Gasteiger partial charge in [0.1, 0.15) is 5.15 Å². The lowest BCUT2D eigenvalue weighted by Gasteiger charge is -2.14. The molecule has 4 nitrogen and oxygen atoms in total. The highest BCUT2D eigenvalue weighted by molar-refractivity contribution is 6.33. The predicted molar refractivity (Wildman–Crippen MR) is 95.6 cm³/mol. The molecule has 2 aromatic carbocycles. The lowest BCUT2D eigenvalue weighted by Crippen LogP contribution is -2.27. The second-order valence-electron chi connectivity index (χ2n) is 5.60. The Kier molecular flexibility index (Phi) is 4.67. The summed E-state index contributed by atoms with van der Waals surface area (Å²) in [4.78, 5) is 12.7. The van der Waals surface area contributed by atoms with Crippen LogP contribution in [0.4, 0.5) is 0 Å². The van der Waals surface area contributed by atoms with Crippen molar-refractivity contribution < 1.29 is 4.79 Å². The highest BCUT2D eigenvalue weighted by Gasteiger charge is 2.22. The van der Waals surface area contributed by atoms with Crippen molar-refractivity contribution in [3.05, 3.63) is 82.6 Å². The Balaban J connectivity index is 1.87. The van der Waals surface area contributed by atoms with Crippen LogP contribution in [0.5, 0.6) is 0 Å². The van der Waals surface area contributed by atoms with E-state index in [0.717, 1.165) is 11.3 Å². The van der Waals surface area contributed by atoms with E-state index in [4.69, 9.17) is 11.6 Å². The molecule has 1 heterocycles. The van der Waals surface area contributed by atoms with E-state index in [2.05, 4.69) is 10.4 Å². The van der Waals surface area contributed by atoms with Gasteiger partial charge in [-0.25, -0.2) is 4.68 Å². The molecule has 0 saturated heterocycles. The summed E-state index contributed by atoms with van der Waals surface area (Å²) in [5.41, 5.74) is 2.86. The Morgan fingerprint density at radius 1 is 1.08 bits per heavy atom. The number of nitrogens with zero attached hydrogens (tertiary/aromatic N) is 2. The molecule has 3 rings (SSSR count). The van der Waals surface area contributed by atoms with Gasteiger partial charge in [0.2, 0.25) is 0 Å². The number of para-hydroxylation sites is 1. The minimum absolute atomic E-state index is 0.116. The first-order chi connectivity index (χ1) is 11.6. The second-order valence-corrected chi connectivity index (χ2v) is 5.96. The van der Waals surface area contributed by atoms with E-state index in [-0.39, 0.29) is 11.9 Å². The highest BCUT2D eigenvalue weighted by Crippen LogP contribution is 2.24. The summed E-state index contributed by atoms with van der Waals surface area (Å²) in [7, 11) is 0. The average molecular weight is 340 g/mol. The molecule has 0 radical (unpaired) electrons. The molecule has 5 heteroatoms. The predicted octanol–water partition coefficient (Wildman–Crippen LogP) is 4.33. The number of rotatable bonds is 4. The maximum absolute atomic E-state index is 12.7. The molecule has 24 heavy (non-hydrogen) atoms. The van der Waals surface area contributed by atoms with Crippen LogP contribution in [0.15, 0.2) is 60.7 Å². The second kappa shape index (κ2) is 6.89. The van der Waals surface area contributed by atoms with Gasteiger partial charge in [-0.1, -0.05) is 60.1 Å². The number of carbonyl (C=O) groups excluding carboxylic acids is 1. The van der Waals surface area contributed by atoms with Gasteiger partial charge in [0.25, 0.3) is 5.91 Å². The van der Waals surface area contributed by atoms with Crippen molar-refractivity contribution in [2.45, 2.75) is 19.9 Å². The molecule has 0 saturated carbocycles. The zero-order valence-electron chi connectivity index (χ0n) is 13.5. The van der Waals surface area contributed by atoms with Gasteiger partial charge in [0.05, 0.1) is 23.0 Å². The molecule has 1 amide bonds. The van der Waals surface area contributed by atoms with Crippen molar-refractivity contribution in [2.75, 3.05) is 0 Å². The fourth-order valence-corrected chi connectivity index (χ4v) is 2.95. The molecule has 0 bridgehead atoms. The molecule has 1 aromatic heterocycles. The number of amides is 1. The summed E-state index contributed by atoms with van der Waals surface area (Å²) < 4.78 is 1.58. The van der Waals surface area contributed by atoms with Crippen molar-refractivity contribution in [1.29, 1.82) is 0 Å². The van der Waals surface area contributed by atoms with Crippen LogP contribution in [0, 0.1) is 6.92 Å². The van der Waals surface area contributed by atoms with Gasteiger partial charge in [0, 0.05) is 0 Å². The Bertz CT molecular complexity index is 844. The zero-order valence-corrected chi connectivity index (χ0v) is 14.3. The van der Waals surface area contributed by atoms with E-state index < -0.39 is 0 Å². The van der Waals surface area contributed by atoms with E-state index in [1.807, 2.05) is 67.6 Å². The number of benzene rings is 2. The van der Waals surface area contributed by atoms with Gasteiger partial charge in [-0.2, -0.15) is 5.10 Å². The first kappa shape index (κ1) is 16.3. The number of aryl methyl sites for hydroxylation is 1. The highest BCUT2D eigenvalue weighted by atomic mass is 35.5. The number of hydrogen-bond donors (Lipinski definition) is 1. The normalized spacial score (nSPS) is 12.0. The molecule has 122 valence electrons. The first-order valence-electron chi connectivity index (χ1n) is 7.74. The van der Waals surface area contributed by atoms with Gasteiger partial charge >= 0.3 is 0 Å². The molecule has 0 fully saturated rings. The van der Waals surface area contributed by atoms with Crippen molar-refractivity contribution in [3.8, 4) is 5.69 Å². The number of carbonyl (C=O) groups is 1. The van der Waals surface area contributed by atoms with E-state index in [0.29, 0.717) is 16.4 Å². The molecule has 1 atom stereocenters. The molecule has 1 unspecified atom stereocenters. The van der Waals surface area contributed by atoms with Crippen LogP contribution in [0.1, 0.15) is 34.6 Å². The lowest BCUT2D eigenvalue weighted by atomic mass is 10.1. The summed E-state index contributed by atoms with van der Waals surface area (Å²) in [5, 5.41) is 7.70. The molecular formula is C19H18ClN3O. The van der Waals surface area contributed by atoms with E-state index in [9.17, 15) is 4.79 Å².